The second-order valence-electron chi connectivity index (χ2n) is 6.47. The third-order valence-electron chi connectivity index (χ3n) is 4.37. The van der Waals surface area contributed by atoms with Gasteiger partial charge in [-0.05, 0) is 31.0 Å². The van der Waals surface area contributed by atoms with Crippen LogP contribution in [0.3, 0.4) is 0 Å². The first-order valence-corrected chi connectivity index (χ1v) is 8.15. The van der Waals surface area contributed by atoms with Crippen molar-refractivity contribution in [2.75, 3.05) is 11.9 Å². The molecular formula is C17H23N3O3. The first kappa shape index (κ1) is 15.8. The minimum atomic E-state index is -0.248. The molecule has 1 aliphatic rings. The normalized spacial score (nSPS) is 21.0. The molecule has 0 saturated heterocycles. The number of carbonyl (C=O) groups is 1. The molecule has 124 valence electrons. The number of benzene rings is 1. The van der Waals surface area contributed by atoms with Crippen molar-refractivity contribution in [2.24, 2.45) is 5.92 Å². The van der Waals surface area contributed by atoms with Crippen molar-refractivity contribution in [3.63, 3.8) is 0 Å². The number of carbonyl (C=O) groups excluding carboxylic acids is 1. The standard InChI is InChI=1S/C17H23N3O3/c1-10(2)16-19-14-8-12(6-7-15(14)23-16)18-17(22)20-13-5-3-4-11(13)9-21/h6-8,10-11,13,21H,3-5,9H2,1-2H3,(H2,18,20,22)/t11-,13+/m1/s1. The Morgan fingerprint density at radius 3 is 3.00 bits per heavy atom. The molecule has 0 spiro atoms. The highest BCUT2D eigenvalue weighted by Crippen LogP contribution is 2.26. The summed E-state index contributed by atoms with van der Waals surface area (Å²) in [4.78, 5) is 16.6. The van der Waals surface area contributed by atoms with Gasteiger partial charge in [0, 0.05) is 30.2 Å². The van der Waals surface area contributed by atoms with Crippen LogP contribution in [-0.4, -0.2) is 28.8 Å². The van der Waals surface area contributed by atoms with Crippen LogP contribution in [0.2, 0.25) is 0 Å². The maximum Gasteiger partial charge on any atom is 0.319 e. The van der Waals surface area contributed by atoms with Crippen LogP contribution in [0.25, 0.3) is 11.1 Å². The average molecular weight is 317 g/mol. The summed E-state index contributed by atoms with van der Waals surface area (Å²) < 4.78 is 5.66. The predicted molar refractivity (Wildman–Crippen MR) is 88.5 cm³/mol. The molecule has 0 bridgehead atoms. The van der Waals surface area contributed by atoms with Crippen LogP contribution in [0, 0.1) is 5.92 Å². The lowest BCUT2D eigenvalue weighted by atomic mass is 10.1. The van der Waals surface area contributed by atoms with E-state index in [4.69, 9.17) is 4.42 Å². The molecule has 1 saturated carbocycles. The van der Waals surface area contributed by atoms with E-state index in [0.717, 1.165) is 30.4 Å². The van der Waals surface area contributed by atoms with Crippen molar-refractivity contribution in [1.82, 2.24) is 10.3 Å². The average Bonchev–Trinajstić information content (AvgIpc) is 3.12. The number of fused-ring (bicyclic) bond motifs is 1. The second-order valence-corrected chi connectivity index (χ2v) is 6.47. The van der Waals surface area contributed by atoms with E-state index in [1.54, 1.807) is 6.07 Å². The Kier molecular flexibility index (Phi) is 4.52. The van der Waals surface area contributed by atoms with Crippen LogP contribution in [0.5, 0.6) is 0 Å². The number of rotatable bonds is 4. The quantitative estimate of drug-likeness (QED) is 0.808. The second kappa shape index (κ2) is 6.58. The van der Waals surface area contributed by atoms with Gasteiger partial charge in [-0.1, -0.05) is 20.3 Å². The molecule has 2 atom stereocenters. The zero-order valence-corrected chi connectivity index (χ0v) is 13.5. The molecule has 1 aromatic heterocycles. The van der Waals surface area contributed by atoms with Crippen molar-refractivity contribution < 1.29 is 14.3 Å². The summed E-state index contributed by atoms with van der Waals surface area (Å²) in [6.07, 6.45) is 2.92. The lowest BCUT2D eigenvalue weighted by Gasteiger charge is -2.19. The summed E-state index contributed by atoms with van der Waals surface area (Å²) >= 11 is 0. The topological polar surface area (TPSA) is 87.4 Å². The van der Waals surface area contributed by atoms with Gasteiger partial charge in [-0.25, -0.2) is 9.78 Å². The van der Waals surface area contributed by atoms with Crippen LogP contribution >= 0.6 is 0 Å². The van der Waals surface area contributed by atoms with Gasteiger partial charge in [0.25, 0.3) is 0 Å². The fraction of sp³-hybridized carbons (Fsp3) is 0.529. The number of aromatic nitrogens is 1. The van der Waals surface area contributed by atoms with Crippen molar-refractivity contribution in [3.05, 3.63) is 24.1 Å². The molecule has 3 N–H and O–H groups in total. The van der Waals surface area contributed by atoms with E-state index in [1.165, 1.54) is 0 Å². The number of aliphatic hydroxyl groups is 1. The highest BCUT2D eigenvalue weighted by Gasteiger charge is 2.27. The third kappa shape index (κ3) is 3.47. The first-order chi connectivity index (χ1) is 11.1. The van der Waals surface area contributed by atoms with Crippen molar-refractivity contribution in [3.8, 4) is 0 Å². The first-order valence-electron chi connectivity index (χ1n) is 8.15. The summed E-state index contributed by atoms with van der Waals surface area (Å²) in [5, 5.41) is 15.1. The number of nitrogens with one attached hydrogen (secondary N) is 2. The molecular weight excluding hydrogens is 294 g/mol. The van der Waals surface area contributed by atoms with E-state index >= 15 is 0 Å². The Labute approximate surface area is 135 Å². The fourth-order valence-corrected chi connectivity index (χ4v) is 3.05. The van der Waals surface area contributed by atoms with Crippen molar-refractivity contribution >= 4 is 22.8 Å². The third-order valence-corrected chi connectivity index (χ3v) is 4.37. The van der Waals surface area contributed by atoms with Gasteiger partial charge in [-0.3, -0.25) is 0 Å². The lowest BCUT2D eigenvalue weighted by molar-refractivity contribution is 0.203. The van der Waals surface area contributed by atoms with Gasteiger partial charge in [-0.2, -0.15) is 0 Å². The van der Waals surface area contributed by atoms with Gasteiger partial charge in [0.2, 0.25) is 0 Å². The van der Waals surface area contributed by atoms with Gasteiger partial charge in [0.15, 0.2) is 11.5 Å². The van der Waals surface area contributed by atoms with E-state index in [1.807, 2.05) is 26.0 Å². The molecule has 2 aromatic rings. The SMILES string of the molecule is CC(C)c1nc2cc(NC(=O)N[C@H]3CCC[C@@H]3CO)ccc2o1. The van der Waals surface area contributed by atoms with Crippen LogP contribution in [-0.2, 0) is 0 Å². The Hall–Kier alpha value is -2.08. The number of amides is 2. The molecule has 23 heavy (non-hydrogen) atoms. The lowest BCUT2D eigenvalue weighted by Crippen LogP contribution is -2.41. The molecule has 0 radical (unpaired) electrons. The van der Waals surface area contributed by atoms with Crippen LogP contribution < -0.4 is 10.6 Å². The van der Waals surface area contributed by atoms with E-state index in [2.05, 4.69) is 15.6 Å². The van der Waals surface area contributed by atoms with E-state index in [9.17, 15) is 9.90 Å². The molecule has 6 heteroatoms. The maximum absolute atomic E-state index is 12.1. The Morgan fingerprint density at radius 1 is 1.43 bits per heavy atom. The van der Waals surface area contributed by atoms with Crippen LogP contribution in [0.1, 0.15) is 44.9 Å². The summed E-state index contributed by atoms with van der Waals surface area (Å²) in [5.41, 5.74) is 2.13. The Morgan fingerprint density at radius 2 is 2.26 bits per heavy atom. The number of oxazole rings is 1. The number of anilines is 1. The number of urea groups is 1. The zero-order chi connectivity index (χ0) is 16.4. The Balaban J connectivity index is 1.67. The monoisotopic (exact) mass is 317 g/mol. The smallest absolute Gasteiger partial charge is 0.319 e. The molecule has 2 amide bonds. The zero-order valence-electron chi connectivity index (χ0n) is 13.5. The molecule has 1 heterocycles. The van der Waals surface area contributed by atoms with Crippen molar-refractivity contribution in [1.29, 1.82) is 0 Å². The van der Waals surface area contributed by atoms with Crippen molar-refractivity contribution in [2.45, 2.75) is 45.1 Å². The number of hydrogen-bond donors (Lipinski definition) is 3. The molecule has 0 aliphatic heterocycles. The minimum Gasteiger partial charge on any atom is -0.440 e. The number of nitrogens with zero attached hydrogens (tertiary/aromatic N) is 1. The van der Waals surface area contributed by atoms with Gasteiger partial charge in [0.1, 0.15) is 5.52 Å². The van der Waals surface area contributed by atoms with Gasteiger partial charge in [0.05, 0.1) is 0 Å². The van der Waals surface area contributed by atoms with E-state index < -0.39 is 0 Å². The van der Waals surface area contributed by atoms with Gasteiger partial charge in [-0.15, -0.1) is 0 Å². The summed E-state index contributed by atoms with van der Waals surface area (Å²) in [6.45, 7) is 4.17. The molecule has 1 aromatic carbocycles. The summed E-state index contributed by atoms with van der Waals surface area (Å²) in [6, 6.07) is 5.22. The minimum absolute atomic E-state index is 0.0447. The summed E-state index contributed by atoms with van der Waals surface area (Å²) in [5.74, 6) is 1.07. The van der Waals surface area contributed by atoms with E-state index in [-0.39, 0.29) is 30.5 Å². The summed E-state index contributed by atoms with van der Waals surface area (Å²) in [7, 11) is 0. The predicted octanol–water partition coefficient (Wildman–Crippen LogP) is 3.23. The van der Waals surface area contributed by atoms with Gasteiger partial charge < -0.3 is 20.2 Å². The fourth-order valence-electron chi connectivity index (χ4n) is 3.05. The number of aliphatic hydroxyl groups excluding tert-OH is 1. The van der Waals surface area contributed by atoms with Crippen LogP contribution in [0.4, 0.5) is 10.5 Å². The van der Waals surface area contributed by atoms with Crippen LogP contribution in [0.15, 0.2) is 22.6 Å². The number of hydrogen-bond acceptors (Lipinski definition) is 4. The highest BCUT2D eigenvalue weighted by molar-refractivity contribution is 5.91. The maximum atomic E-state index is 12.1. The highest BCUT2D eigenvalue weighted by atomic mass is 16.3. The molecule has 6 nitrogen and oxygen atoms in total. The molecule has 1 aliphatic carbocycles. The Bertz CT molecular complexity index is 695. The van der Waals surface area contributed by atoms with Gasteiger partial charge >= 0.3 is 6.03 Å². The van der Waals surface area contributed by atoms with E-state index in [0.29, 0.717) is 11.6 Å². The molecule has 1 fully saturated rings. The molecule has 3 rings (SSSR count). The largest absolute Gasteiger partial charge is 0.440 e. The molecule has 0 unspecified atom stereocenters.